The Morgan fingerprint density at radius 3 is 2.50 bits per heavy atom. The molecule has 107 valence electrons. The lowest BCUT2D eigenvalue weighted by Crippen LogP contribution is -1.99. The van der Waals surface area contributed by atoms with Crippen molar-refractivity contribution >= 4 is 22.4 Å². The van der Waals surface area contributed by atoms with E-state index in [2.05, 4.69) is 31.2 Å². The van der Waals surface area contributed by atoms with Crippen molar-refractivity contribution in [2.75, 3.05) is 6.61 Å². The van der Waals surface area contributed by atoms with Gasteiger partial charge in [-0.1, -0.05) is 61.7 Å². The lowest BCUT2D eigenvalue weighted by molar-refractivity contribution is 0.185. The predicted octanol–water partition coefficient (Wildman–Crippen LogP) is 5.98. The highest BCUT2D eigenvalue weighted by Crippen LogP contribution is 2.34. The van der Waals surface area contributed by atoms with Crippen LogP contribution in [0.4, 0.5) is 0 Å². The van der Waals surface area contributed by atoms with Gasteiger partial charge in [0.15, 0.2) is 0 Å². The summed E-state index contributed by atoms with van der Waals surface area (Å²) in [6.07, 6.45) is 5.27. The van der Waals surface area contributed by atoms with E-state index in [-0.39, 0.29) is 6.61 Å². The average molecular weight is 290 g/mol. The lowest BCUT2D eigenvalue weighted by Gasteiger charge is -2.18. The number of rotatable bonds is 7. The first-order chi connectivity index (χ1) is 9.77. The van der Waals surface area contributed by atoms with E-state index < -0.39 is 0 Å². The smallest absolute Gasteiger partial charge is 0.0822 e. The zero-order valence-corrected chi connectivity index (χ0v) is 12.8. The van der Waals surface area contributed by atoms with Crippen LogP contribution in [0.5, 0.6) is 0 Å². The Morgan fingerprint density at radius 2 is 1.75 bits per heavy atom. The molecule has 0 fully saturated rings. The van der Waals surface area contributed by atoms with Crippen LogP contribution in [0.15, 0.2) is 36.4 Å². The molecule has 0 heterocycles. The second-order valence-corrected chi connectivity index (χ2v) is 5.75. The van der Waals surface area contributed by atoms with Gasteiger partial charge in [-0.3, -0.25) is 0 Å². The predicted molar refractivity (Wildman–Crippen MR) is 86.0 cm³/mol. The van der Waals surface area contributed by atoms with Crippen molar-refractivity contribution < 1.29 is 5.11 Å². The molecule has 0 amide bonds. The number of hydrogen-bond acceptors (Lipinski definition) is 0. The Labute approximate surface area is 126 Å². The first kappa shape index (κ1) is 15.3. The second kappa shape index (κ2) is 7.66. The Kier molecular flexibility index (Phi) is 5.87. The molecule has 0 aliphatic rings. The van der Waals surface area contributed by atoms with Crippen LogP contribution in [0.25, 0.3) is 10.8 Å². The summed E-state index contributed by atoms with van der Waals surface area (Å²) in [5.41, 5.74) is 1.40. The van der Waals surface area contributed by atoms with Crippen LogP contribution in [-0.2, 0) is 5.11 Å². The third-order valence-corrected chi connectivity index (χ3v) is 4.36. The molecule has 1 unspecified atom stereocenters. The van der Waals surface area contributed by atoms with Crippen LogP contribution in [0.1, 0.15) is 50.5 Å². The van der Waals surface area contributed by atoms with Gasteiger partial charge in [0, 0.05) is 10.4 Å². The van der Waals surface area contributed by atoms with E-state index >= 15 is 0 Å². The average Bonchev–Trinajstić information content (AvgIpc) is 2.48. The van der Waals surface area contributed by atoms with Crippen LogP contribution in [0.2, 0.25) is 5.02 Å². The highest BCUT2D eigenvalue weighted by molar-refractivity contribution is 6.35. The van der Waals surface area contributed by atoms with E-state index in [4.69, 9.17) is 11.6 Å². The molecule has 20 heavy (non-hydrogen) atoms. The van der Waals surface area contributed by atoms with Crippen molar-refractivity contribution in [3.63, 3.8) is 0 Å². The Morgan fingerprint density at radius 1 is 1.00 bits per heavy atom. The maximum absolute atomic E-state index is 10.5. The van der Waals surface area contributed by atoms with Gasteiger partial charge in [-0.25, -0.2) is 5.11 Å². The second-order valence-electron chi connectivity index (χ2n) is 5.34. The fourth-order valence-electron chi connectivity index (χ4n) is 2.90. The normalized spacial score (nSPS) is 12.8. The summed E-state index contributed by atoms with van der Waals surface area (Å²) in [5, 5.41) is 13.8. The summed E-state index contributed by atoms with van der Waals surface area (Å²) in [6.45, 7) is 2.29. The van der Waals surface area contributed by atoms with Crippen LogP contribution < -0.4 is 0 Å². The molecular formula is C18H22ClO. The number of unbranched alkanes of at least 4 members (excludes halogenated alkanes) is 2. The van der Waals surface area contributed by atoms with E-state index in [9.17, 15) is 5.11 Å². The summed E-state index contributed by atoms with van der Waals surface area (Å²) in [7, 11) is 0. The zero-order valence-electron chi connectivity index (χ0n) is 12.1. The van der Waals surface area contributed by atoms with E-state index in [1.54, 1.807) is 0 Å². The minimum Gasteiger partial charge on any atom is -0.237 e. The fourth-order valence-corrected chi connectivity index (χ4v) is 3.14. The van der Waals surface area contributed by atoms with Crippen molar-refractivity contribution in [2.24, 2.45) is 0 Å². The van der Waals surface area contributed by atoms with Gasteiger partial charge >= 0.3 is 0 Å². The van der Waals surface area contributed by atoms with Gasteiger partial charge in [-0.05, 0) is 42.2 Å². The molecular weight excluding hydrogens is 268 g/mol. The van der Waals surface area contributed by atoms with Gasteiger partial charge < -0.3 is 0 Å². The van der Waals surface area contributed by atoms with Gasteiger partial charge in [0.2, 0.25) is 0 Å². The molecule has 2 heteroatoms. The standard InChI is InChI=1S/C18H22ClO/c1-2-14(8-4-3-5-13-20)15-9-6-11-17-16(15)10-7-12-18(17)19/h6-7,9-12,14H,2-5,8,13H2,1H3. The van der Waals surface area contributed by atoms with Crippen molar-refractivity contribution in [2.45, 2.75) is 44.9 Å². The summed E-state index contributed by atoms with van der Waals surface area (Å²) < 4.78 is 0. The molecule has 0 saturated heterocycles. The fraction of sp³-hybridized carbons (Fsp3) is 0.444. The minimum atomic E-state index is 0.0562. The Balaban J connectivity index is 2.23. The maximum Gasteiger partial charge on any atom is 0.0822 e. The van der Waals surface area contributed by atoms with E-state index in [1.165, 1.54) is 10.9 Å². The number of halogens is 1. The number of hydrogen-bond donors (Lipinski definition) is 0. The molecule has 0 aliphatic carbocycles. The molecule has 0 spiro atoms. The van der Waals surface area contributed by atoms with Gasteiger partial charge in [-0.15, -0.1) is 0 Å². The van der Waals surface area contributed by atoms with Gasteiger partial charge in [0.1, 0.15) is 0 Å². The monoisotopic (exact) mass is 289 g/mol. The van der Waals surface area contributed by atoms with Gasteiger partial charge in [0.25, 0.3) is 0 Å². The summed E-state index contributed by atoms with van der Waals surface area (Å²) >= 11 is 6.29. The van der Waals surface area contributed by atoms with Crippen molar-refractivity contribution in [1.82, 2.24) is 0 Å². The molecule has 2 aromatic carbocycles. The molecule has 0 aliphatic heterocycles. The first-order valence-electron chi connectivity index (χ1n) is 7.53. The minimum absolute atomic E-state index is 0.0562. The van der Waals surface area contributed by atoms with Crippen molar-refractivity contribution in [3.05, 3.63) is 47.0 Å². The van der Waals surface area contributed by atoms with Crippen LogP contribution in [-0.4, -0.2) is 6.61 Å². The molecule has 1 nitrogen and oxygen atoms in total. The molecule has 0 saturated carbocycles. The van der Waals surface area contributed by atoms with Gasteiger partial charge in [0.05, 0.1) is 6.61 Å². The summed E-state index contributed by atoms with van der Waals surface area (Å²) in [6, 6.07) is 12.5. The largest absolute Gasteiger partial charge is 0.237 e. The van der Waals surface area contributed by atoms with Crippen LogP contribution >= 0.6 is 11.6 Å². The Bertz CT molecular complexity index is 550. The number of benzene rings is 2. The van der Waals surface area contributed by atoms with Crippen molar-refractivity contribution in [3.8, 4) is 0 Å². The highest BCUT2D eigenvalue weighted by Gasteiger charge is 2.13. The summed E-state index contributed by atoms with van der Waals surface area (Å²) in [4.78, 5) is 0. The maximum atomic E-state index is 10.5. The molecule has 0 aromatic heterocycles. The van der Waals surface area contributed by atoms with E-state index in [1.807, 2.05) is 12.1 Å². The highest BCUT2D eigenvalue weighted by atomic mass is 35.5. The SMILES string of the molecule is CCC(CCCCC[O])c1cccc2c(Cl)cccc12. The molecule has 2 rings (SSSR count). The Hall–Kier alpha value is -1.05. The molecule has 0 bridgehead atoms. The van der Waals surface area contributed by atoms with Gasteiger partial charge in [-0.2, -0.15) is 0 Å². The van der Waals surface area contributed by atoms with E-state index in [0.29, 0.717) is 5.92 Å². The lowest BCUT2D eigenvalue weighted by atomic mass is 9.87. The van der Waals surface area contributed by atoms with Crippen molar-refractivity contribution in [1.29, 1.82) is 0 Å². The summed E-state index contributed by atoms with van der Waals surface area (Å²) in [5.74, 6) is 0.559. The first-order valence-corrected chi connectivity index (χ1v) is 7.91. The molecule has 1 atom stereocenters. The van der Waals surface area contributed by atoms with Crippen LogP contribution in [0, 0.1) is 0 Å². The van der Waals surface area contributed by atoms with Crippen LogP contribution in [0.3, 0.4) is 0 Å². The number of fused-ring (bicyclic) bond motifs is 1. The topological polar surface area (TPSA) is 19.9 Å². The molecule has 0 N–H and O–H groups in total. The zero-order chi connectivity index (χ0) is 14.4. The molecule has 2 aromatic rings. The quantitative estimate of drug-likeness (QED) is 0.559. The third-order valence-electron chi connectivity index (χ3n) is 4.03. The molecule has 1 radical (unpaired) electrons. The third kappa shape index (κ3) is 3.53. The van der Waals surface area contributed by atoms with E-state index in [0.717, 1.165) is 42.5 Å².